The number of para-hydroxylation sites is 1. The van der Waals surface area contributed by atoms with Crippen LogP contribution in [0.1, 0.15) is 31.2 Å². The third-order valence-electron chi connectivity index (χ3n) is 3.41. The lowest BCUT2D eigenvalue weighted by Crippen LogP contribution is -2.25. The highest BCUT2D eigenvalue weighted by molar-refractivity contribution is 7.18. The summed E-state index contributed by atoms with van der Waals surface area (Å²) >= 11 is 1.66. The van der Waals surface area contributed by atoms with Gasteiger partial charge in [-0.3, -0.25) is 4.79 Å². The summed E-state index contributed by atoms with van der Waals surface area (Å²) < 4.78 is 1.17. The molecule has 1 aromatic carbocycles. The van der Waals surface area contributed by atoms with Crippen molar-refractivity contribution in [3.8, 4) is 0 Å². The van der Waals surface area contributed by atoms with Gasteiger partial charge >= 0.3 is 0 Å². The van der Waals surface area contributed by atoms with Gasteiger partial charge in [-0.15, -0.1) is 11.3 Å². The number of aliphatic hydroxyl groups is 1. The molecule has 1 amide bonds. The number of fused-ring (bicyclic) bond motifs is 1. The maximum Gasteiger partial charge on any atom is 0.220 e. The van der Waals surface area contributed by atoms with Crippen LogP contribution in [0.25, 0.3) is 10.2 Å². The van der Waals surface area contributed by atoms with Crippen LogP contribution >= 0.6 is 11.3 Å². The Hall–Kier alpha value is -1.46. The topological polar surface area (TPSA) is 62.2 Å². The first-order chi connectivity index (χ1) is 10.2. The van der Waals surface area contributed by atoms with Gasteiger partial charge in [-0.2, -0.15) is 0 Å². The molecule has 1 unspecified atom stereocenters. The van der Waals surface area contributed by atoms with Crippen LogP contribution in [0.15, 0.2) is 24.3 Å². The molecule has 1 atom stereocenters. The number of nitrogens with zero attached hydrogens (tertiary/aromatic N) is 1. The quantitative estimate of drug-likeness (QED) is 0.737. The highest BCUT2D eigenvalue weighted by Crippen LogP contribution is 2.22. The molecule has 0 fully saturated rings. The minimum atomic E-state index is 0.0749. The molecular formula is C16H22N2O2S. The number of nitrogens with one attached hydrogen (secondary N) is 1. The molecule has 0 saturated heterocycles. The summed E-state index contributed by atoms with van der Waals surface area (Å²) in [5.41, 5.74) is 1.01. The molecule has 0 aliphatic heterocycles. The Balaban J connectivity index is 1.69. The number of thiazole rings is 1. The molecule has 2 aromatic rings. The highest BCUT2D eigenvalue weighted by Gasteiger charge is 2.07. The number of aromatic nitrogens is 1. The predicted molar refractivity (Wildman–Crippen MR) is 86.4 cm³/mol. The zero-order valence-electron chi connectivity index (χ0n) is 12.3. The molecule has 0 radical (unpaired) electrons. The second-order valence-corrected chi connectivity index (χ2v) is 6.47. The Kier molecular flexibility index (Phi) is 6.14. The van der Waals surface area contributed by atoms with Gasteiger partial charge in [0.05, 0.1) is 15.2 Å². The number of hydrogen-bond acceptors (Lipinski definition) is 4. The fourth-order valence-electron chi connectivity index (χ4n) is 2.11. The lowest BCUT2D eigenvalue weighted by Gasteiger charge is -2.08. The number of aliphatic hydroxyl groups excluding tert-OH is 1. The van der Waals surface area contributed by atoms with E-state index in [-0.39, 0.29) is 12.5 Å². The van der Waals surface area contributed by atoms with Crippen molar-refractivity contribution in [2.24, 2.45) is 5.92 Å². The molecule has 114 valence electrons. The predicted octanol–water partition coefficient (Wildman–Crippen LogP) is 2.75. The van der Waals surface area contributed by atoms with E-state index < -0.39 is 0 Å². The average molecular weight is 306 g/mol. The summed E-state index contributed by atoms with van der Waals surface area (Å²) in [5, 5.41) is 12.9. The lowest BCUT2D eigenvalue weighted by molar-refractivity contribution is -0.121. The van der Waals surface area contributed by atoms with Crippen LogP contribution in [0, 0.1) is 5.92 Å². The zero-order valence-corrected chi connectivity index (χ0v) is 13.2. The summed E-state index contributed by atoms with van der Waals surface area (Å²) in [6.07, 6.45) is 3.02. The van der Waals surface area contributed by atoms with Crippen molar-refractivity contribution in [2.75, 3.05) is 13.2 Å². The van der Waals surface area contributed by atoms with Crippen molar-refractivity contribution in [2.45, 2.75) is 32.6 Å². The minimum absolute atomic E-state index is 0.0749. The number of benzene rings is 1. The maximum absolute atomic E-state index is 11.8. The van der Waals surface area contributed by atoms with Crippen molar-refractivity contribution in [3.63, 3.8) is 0 Å². The first-order valence-corrected chi connectivity index (χ1v) is 8.22. The normalized spacial score (nSPS) is 12.5. The number of amides is 1. The van der Waals surface area contributed by atoms with E-state index in [1.54, 1.807) is 11.3 Å². The van der Waals surface area contributed by atoms with Gasteiger partial charge in [0.15, 0.2) is 0 Å². The third kappa shape index (κ3) is 5.10. The summed E-state index contributed by atoms with van der Waals surface area (Å²) in [7, 11) is 0. The summed E-state index contributed by atoms with van der Waals surface area (Å²) in [5.74, 6) is 0.385. The van der Waals surface area contributed by atoms with Crippen LogP contribution in [0.3, 0.4) is 0 Å². The summed E-state index contributed by atoms with van der Waals surface area (Å²) in [6.45, 7) is 2.91. The molecule has 1 heterocycles. The van der Waals surface area contributed by atoms with Crippen LogP contribution in [-0.4, -0.2) is 29.1 Å². The Bertz CT molecular complexity index is 549. The van der Waals surface area contributed by atoms with Crippen molar-refractivity contribution >= 4 is 27.5 Å². The Morgan fingerprint density at radius 2 is 2.24 bits per heavy atom. The van der Waals surface area contributed by atoms with Crippen molar-refractivity contribution < 1.29 is 9.90 Å². The number of hydrogen-bond donors (Lipinski definition) is 2. The molecule has 0 spiro atoms. The molecule has 0 aliphatic rings. The lowest BCUT2D eigenvalue weighted by atomic mass is 10.1. The van der Waals surface area contributed by atoms with Gasteiger partial charge in [-0.05, 0) is 30.9 Å². The van der Waals surface area contributed by atoms with Crippen LogP contribution < -0.4 is 5.32 Å². The molecule has 0 bridgehead atoms. The van der Waals surface area contributed by atoms with Gasteiger partial charge < -0.3 is 10.4 Å². The van der Waals surface area contributed by atoms with Crippen LogP contribution in [0.5, 0.6) is 0 Å². The smallest absolute Gasteiger partial charge is 0.220 e. The molecular weight excluding hydrogens is 284 g/mol. The van der Waals surface area contributed by atoms with Gasteiger partial charge in [0.2, 0.25) is 5.91 Å². The van der Waals surface area contributed by atoms with E-state index in [1.807, 2.05) is 25.1 Å². The summed E-state index contributed by atoms with van der Waals surface area (Å²) in [6, 6.07) is 8.03. The first-order valence-electron chi connectivity index (χ1n) is 7.41. The van der Waals surface area contributed by atoms with E-state index in [9.17, 15) is 4.79 Å². The number of rotatable bonds is 8. The largest absolute Gasteiger partial charge is 0.396 e. The van der Waals surface area contributed by atoms with Crippen LogP contribution in [0.2, 0.25) is 0 Å². The molecule has 21 heavy (non-hydrogen) atoms. The molecule has 4 nitrogen and oxygen atoms in total. The van der Waals surface area contributed by atoms with E-state index in [1.165, 1.54) is 4.70 Å². The van der Waals surface area contributed by atoms with E-state index in [4.69, 9.17) is 5.11 Å². The second-order valence-electron chi connectivity index (χ2n) is 5.36. The Morgan fingerprint density at radius 1 is 1.43 bits per heavy atom. The van der Waals surface area contributed by atoms with Gasteiger partial charge in [-0.25, -0.2) is 4.98 Å². The minimum Gasteiger partial charge on any atom is -0.396 e. The van der Waals surface area contributed by atoms with Gasteiger partial charge in [0.25, 0.3) is 0 Å². The fraction of sp³-hybridized carbons (Fsp3) is 0.500. The van der Waals surface area contributed by atoms with E-state index >= 15 is 0 Å². The second kappa shape index (κ2) is 8.10. The molecule has 2 N–H and O–H groups in total. The van der Waals surface area contributed by atoms with Gasteiger partial charge in [0.1, 0.15) is 0 Å². The number of carbonyl (C=O) groups excluding carboxylic acids is 1. The van der Waals surface area contributed by atoms with Crippen molar-refractivity contribution in [1.82, 2.24) is 10.3 Å². The maximum atomic E-state index is 11.8. The third-order valence-corrected chi connectivity index (χ3v) is 4.51. The fourth-order valence-corrected chi connectivity index (χ4v) is 3.07. The molecule has 0 aliphatic carbocycles. The van der Waals surface area contributed by atoms with E-state index in [0.29, 0.717) is 25.3 Å². The SMILES string of the molecule is CC(CO)CCCNC(=O)CCc1nc2ccccc2s1. The van der Waals surface area contributed by atoms with E-state index in [2.05, 4.69) is 16.4 Å². The number of aryl methyl sites for hydroxylation is 1. The van der Waals surface area contributed by atoms with Crippen LogP contribution in [-0.2, 0) is 11.2 Å². The standard InChI is InChI=1S/C16H22N2O2S/c1-12(11-19)5-4-10-17-15(20)8-9-16-18-13-6-2-3-7-14(13)21-16/h2-3,6-7,12,19H,4-5,8-11H2,1H3,(H,17,20). The highest BCUT2D eigenvalue weighted by atomic mass is 32.1. The zero-order chi connectivity index (χ0) is 15.1. The van der Waals surface area contributed by atoms with Crippen molar-refractivity contribution in [1.29, 1.82) is 0 Å². The van der Waals surface area contributed by atoms with Gasteiger partial charge in [0, 0.05) is 26.0 Å². The molecule has 1 aromatic heterocycles. The molecule has 5 heteroatoms. The average Bonchev–Trinajstić information content (AvgIpc) is 2.92. The summed E-state index contributed by atoms with van der Waals surface area (Å²) in [4.78, 5) is 16.3. The number of carbonyl (C=O) groups is 1. The Morgan fingerprint density at radius 3 is 3.00 bits per heavy atom. The molecule has 2 rings (SSSR count). The van der Waals surface area contributed by atoms with Crippen molar-refractivity contribution in [3.05, 3.63) is 29.3 Å². The monoisotopic (exact) mass is 306 g/mol. The molecule has 0 saturated carbocycles. The van der Waals surface area contributed by atoms with E-state index in [0.717, 1.165) is 23.4 Å². The Labute approximate surface area is 129 Å². The van der Waals surface area contributed by atoms with Gasteiger partial charge in [-0.1, -0.05) is 19.1 Å². The first kappa shape index (κ1) is 15.9. The van der Waals surface area contributed by atoms with Crippen LogP contribution in [0.4, 0.5) is 0 Å².